The molecule has 0 radical (unpaired) electrons. The summed E-state index contributed by atoms with van der Waals surface area (Å²) >= 11 is 0. The first-order valence-electron chi connectivity index (χ1n) is 12.0. The number of aromatic nitrogens is 4. The maximum atomic E-state index is 13.6. The van der Waals surface area contributed by atoms with E-state index in [0.29, 0.717) is 18.9 Å². The zero-order valence-corrected chi connectivity index (χ0v) is 21.3. The number of para-hydroxylation sites is 1. The molecule has 0 bridgehead atoms. The van der Waals surface area contributed by atoms with Crippen molar-refractivity contribution in [1.82, 2.24) is 19.8 Å². The van der Waals surface area contributed by atoms with Crippen LogP contribution in [0, 0.1) is 19.7 Å². The van der Waals surface area contributed by atoms with Gasteiger partial charge in [-0.05, 0) is 73.5 Å². The molecule has 1 fully saturated rings. The normalized spacial score (nSPS) is 14.6. The van der Waals surface area contributed by atoms with Crippen molar-refractivity contribution in [2.75, 3.05) is 36.0 Å². The summed E-state index contributed by atoms with van der Waals surface area (Å²) in [6.45, 7) is 6.61. The summed E-state index contributed by atoms with van der Waals surface area (Å²) < 4.78 is 42.1. The topological polar surface area (TPSA) is 83.7 Å². The first kappa shape index (κ1) is 23.4. The van der Waals surface area contributed by atoms with Crippen LogP contribution in [0.25, 0.3) is 16.6 Å². The molecule has 0 unspecified atom stereocenters. The minimum atomic E-state index is -3.94. The van der Waals surface area contributed by atoms with E-state index in [1.165, 1.54) is 16.6 Å². The van der Waals surface area contributed by atoms with Crippen molar-refractivity contribution in [3.8, 4) is 0 Å². The maximum Gasteiger partial charge on any atom is 0.229 e. The standard InChI is InChI=1S/C27H25FN6O2S/c1-18-7-12-22(17-19(18)2)37(35,36)27-26-29-25(23-5-3-4-6-24(23)34(26)31-30-27)33-15-13-32(14-16-33)21-10-8-20(28)9-11-21/h3-12,17H,13-16H2,1-2H3. The molecule has 1 saturated heterocycles. The number of halogens is 1. The highest BCUT2D eigenvalue weighted by Gasteiger charge is 2.29. The maximum absolute atomic E-state index is 13.6. The fraction of sp³-hybridized carbons (Fsp3) is 0.222. The zero-order chi connectivity index (χ0) is 25.7. The van der Waals surface area contributed by atoms with Gasteiger partial charge in [-0.15, -0.1) is 5.10 Å². The van der Waals surface area contributed by atoms with Gasteiger partial charge in [0.1, 0.15) is 11.6 Å². The summed E-state index contributed by atoms with van der Waals surface area (Å²) in [6.07, 6.45) is 0. The van der Waals surface area contributed by atoms with Gasteiger partial charge in [0.05, 0.1) is 10.4 Å². The van der Waals surface area contributed by atoms with Crippen molar-refractivity contribution < 1.29 is 12.8 Å². The molecule has 0 N–H and O–H groups in total. The third kappa shape index (κ3) is 3.97. The van der Waals surface area contributed by atoms with Crippen LogP contribution >= 0.6 is 0 Å². The van der Waals surface area contributed by atoms with Crippen LogP contribution in [-0.2, 0) is 9.84 Å². The predicted molar refractivity (Wildman–Crippen MR) is 140 cm³/mol. The fourth-order valence-electron chi connectivity index (χ4n) is 4.76. The number of aryl methyl sites for hydroxylation is 2. The van der Waals surface area contributed by atoms with Gasteiger partial charge in [0.2, 0.25) is 14.9 Å². The third-order valence-corrected chi connectivity index (χ3v) is 8.66. The molecule has 10 heteroatoms. The van der Waals surface area contributed by atoms with Crippen molar-refractivity contribution in [2.45, 2.75) is 23.8 Å². The van der Waals surface area contributed by atoms with Crippen molar-refractivity contribution in [3.63, 3.8) is 0 Å². The number of hydrogen-bond acceptors (Lipinski definition) is 7. The number of hydrogen-bond donors (Lipinski definition) is 0. The van der Waals surface area contributed by atoms with Crippen LogP contribution in [0.15, 0.2) is 76.7 Å². The molecule has 188 valence electrons. The third-order valence-electron chi connectivity index (χ3n) is 7.02. The molecule has 6 rings (SSSR count). The largest absolute Gasteiger partial charge is 0.368 e. The number of nitrogens with zero attached hydrogens (tertiary/aromatic N) is 6. The molecule has 1 aliphatic rings. The number of rotatable bonds is 4. The van der Waals surface area contributed by atoms with E-state index in [2.05, 4.69) is 20.1 Å². The number of piperazine rings is 1. The van der Waals surface area contributed by atoms with E-state index in [0.717, 1.165) is 40.8 Å². The summed E-state index contributed by atoms with van der Waals surface area (Å²) in [7, 11) is -3.94. The molecule has 0 spiro atoms. The smallest absolute Gasteiger partial charge is 0.229 e. The monoisotopic (exact) mass is 516 g/mol. The van der Waals surface area contributed by atoms with Gasteiger partial charge in [-0.1, -0.05) is 23.4 Å². The van der Waals surface area contributed by atoms with Crippen LogP contribution in [0.2, 0.25) is 0 Å². The molecule has 8 nitrogen and oxygen atoms in total. The lowest BCUT2D eigenvalue weighted by Crippen LogP contribution is -2.47. The highest BCUT2D eigenvalue weighted by atomic mass is 32.2. The minimum Gasteiger partial charge on any atom is -0.368 e. The van der Waals surface area contributed by atoms with E-state index in [-0.39, 0.29) is 21.4 Å². The number of anilines is 2. The van der Waals surface area contributed by atoms with Crippen LogP contribution in [0.1, 0.15) is 11.1 Å². The summed E-state index contributed by atoms with van der Waals surface area (Å²) in [5, 5.41) is 8.99. The van der Waals surface area contributed by atoms with Crippen LogP contribution in [0.5, 0.6) is 0 Å². The van der Waals surface area contributed by atoms with E-state index in [1.54, 1.807) is 30.3 Å². The Bertz CT molecular complexity index is 1740. The van der Waals surface area contributed by atoms with Gasteiger partial charge in [0.25, 0.3) is 0 Å². The Hall–Kier alpha value is -4.05. The van der Waals surface area contributed by atoms with Gasteiger partial charge < -0.3 is 9.80 Å². The van der Waals surface area contributed by atoms with Crippen molar-refractivity contribution >= 4 is 37.9 Å². The zero-order valence-electron chi connectivity index (χ0n) is 20.5. The van der Waals surface area contributed by atoms with Crippen molar-refractivity contribution in [1.29, 1.82) is 0 Å². The average molecular weight is 517 g/mol. The molecule has 1 aliphatic heterocycles. The second kappa shape index (κ2) is 8.81. The van der Waals surface area contributed by atoms with Gasteiger partial charge in [-0.25, -0.2) is 17.8 Å². The number of benzene rings is 3. The van der Waals surface area contributed by atoms with Crippen LogP contribution in [-0.4, -0.2) is 54.4 Å². The first-order valence-corrected chi connectivity index (χ1v) is 13.5. The van der Waals surface area contributed by atoms with Gasteiger partial charge in [-0.3, -0.25) is 0 Å². The van der Waals surface area contributed by atoms with Gasteiger partial charge >= 0.3 is 0 Å². The quantitative estimate of drug-likeness (QED) is 0.354. The van der Waals surface area contributed by atoms with Gasteiger partial charge in [0, 0.05) is 37.3 Å². The van der Waals surface area contributed by atoms with Crippen molar-refractivity contribution in [3.05, 3.63) is 83.7 Å². The molecule has 0 aliphatic carbocycles. The van der Waals surface area contributed by atoms with Gasteiger partial charge in [-0.2, -0.15) is 4.52 Å². The second-order valence-corrected chi connectivity index (χ2v) is 11.1. The van der Waals surface area contributed by atoms with E-state index in [1.807, 2.05) is 38.1 Å². The van der Waals surface area contributed by atoms with E-state index >= 15 is 0 Å². The van der Waals surface area contributed by atoms with Crippen LogP contribution in [0.4, 0.5) is 15.9 Å². The predicted octanol–water partition coefficient (Wildman–Crippen LogP) is 4.19. The summed E-state index contributed by atoms with van der Waals surface area (Å²) in [5.74, 6) is 0.438. The molecule has 37 heavy (non-hydrogen) atoms. The van der Waals surface area contributed by atoms with Crippen molar-refractivity contribution in [2.24, 2.45) is 0 Å². The Labute approximate surface area is 213 Å². The minimum absolute atomic E-state index is 0.160. The number of fused-ring (bicyclic) bond motifs is 3. The molecular formula is C27H25FN6O2S. The molecule has 0 saturated carbocycles. The van der Waals surface area contributed by atoms with Crippen LogP contribution in [0.3, 0.4) is 0 Å². The van der Waals surface area contributed by atoms with E-state index < -0.39 is 9.84 Å². The molecule has 0 amide bonds. The Morgan fingerprint density at radius 2 is 1.54 bits per heavy atom. The van der Waals surface area contributed by atoms with Crippen LogP contribution < -0.4 is 9.80 Å². The summed E-state index contributed by atoms with van der Waals surface area (Å²) in [6, 6.07) is 19.2. The summed E-state index contributed by atoms with van der Waals surface area (Å²) in [5.41, 5.74) is 3.80. The summed E-state index contributed by atoms with van der Waals surface area (Å²) in [4.78, 5) is 9.37. The van der Waals surface area contributed by atoms with E-state index in [4.69, 9.17) is 4.98 Å². The Kier molecular flexibility index (Phi) is 5.56. The lowest BCUT2D eigenvalue weighted by molar-refractivity contribution is 0.592. The molecule has 5 aromatic rings. The molecule has 0 atom stereocenters. The molecule has 3 aromatic carbocycles. The van der Waals surface area contributed by atoms with Gasteiger partial charge in [0.15, 0.2) is 5.65 Å². The second-order valence-electron chi connectivity index (χ2n) is 9.28. The Morgan fingerprint density at radius 3 is 2.27 bits per heavy atom. The SMILES string of the molecule is Cc1ccc(S(=O)(=O)c2nnn3c2nc(N2CCN(c4ccc(F)cc4)CC2)c2ccccc23)cc1C. The van der Waals surface area contributed by atoms with E-state index in [9.17, 15) is 12.8 Å². The molecule has 2 aromatic heterocycles. The first-order chi connectivity index (χ1) is 17.8. The number of sulfone groups is 1. The Morgan fingerprint density at radius 1 is 0.838 bits per heavy atom. The lowest BCUT2D eigenvalue weighted by Gasteiger charge is -2.37. The highest BCUT2D eigenvalue weighted by molar-refractivity contribution is 7.91. The molecule has 3 heterocycles. The highest BCUT2D eigenvalue weighted by Crippen LogP contribution is 2.31. The lowest BCUT2D eigenvalue weighted by atomic mass is 10.1. The average Bonchev–Trinajstić information content (AvgIpc) is 3.36. The molecular weight excluding hydrogens is 491 g/mol. The fourth-order valence-corrected chi connectivity index (χ4v) is 6.08. The Balaban J connectivity index is 1.42.